The lowest BCUT2D eigenvalue weighted by Crippen LogP contribution is -2.21. The van der Waals surface area contributed by atoms with Crippen LogP contribution in [0.5, 0.6) is 0 Å². The molecule has 28 heavy (non-hydrogen) atoms. The molecule has 4 heteroatoms. The third-order valence-electron chi connectivity index (χ3n) is 5.11. The summed E-state index contributed by atoms with van der Waals surface area (Å²) in [6, 6.07) is 24.0. The zero-order valence-corrected chi connectivity index (χ0v) is 16.6. The van der Waals surface area contributed by atoms with Crippen molar-refractivity contribution in [1.29, 1.82) is 0 Å². The molecule has 1 atom stereocenters. The van der Waals surface area contributed by atoms with Crippen molar-refractivity contribution in [2.24, 2.45) is 0 Å². The molecule has 1 aliphatic rings. The number of nitrogens with one attached hydrogen (secondary N) is 1. The van der Waals surface area contributed by atoms with Gasteiger partial charge in [0.15, 0.2) is 0 Å². The van der Waals surface area contributed by atoms with Gasteiger partial charge >= 0.3 is 0 Å². The van der Waals surface area contributed by atoms with Gasteiger partial charge in [0, 0.05) is 17.0 Å². The lowest BCUT2D eigenvalue weighted by atomic mass is 10.1. The number of benzene rings is 2. The Kier molecular flexibility index (Phi) is 6.07. The van der Waals surface area contributed by atoms with Gasteiger partial charge in [0.25, 0.3) is 0 Å². The molecule has 0 bridgehead atoms. The Morgan fingerprint density at radius 2 is 1.61 bits per heavy atom. The minimum Gasteiger partial charge on any atom is -0.309 e. The summed E-state index contributed by atoms with van der Waals surface area (Å²) >= 11 is 1.79. The fraction of sp³-hybridized carbons (Fsp3) is 0.250. The third kappa shape index (κ3) is 4.45. The number of rotatable bonds is 6. The lowest BCUT2D eigenvalue weighted by Gasteiger charge is -2.21. The molecule has 1 unspecified atom stereocenters. The van der Waals surface area contributed by atoms with Crippen LogP contribution in [0.25, 0.3) is 11.1 Å². The molecule has 0 spiro atoms. The third-order valence-corrected chi connectivity index (χ3v) is 6.72. The SMILES string of the molecule is O=C(Nc1ncccc1-c1ccccc1)C(SC1CCCC1)c1ccccc1. The summed E-state index contributed by atoms with van der Waals surface area (Å²) in [4.78, 5) is 17.8. The predicted octanol–water partition coefficient (Wildman–Crippen LogP) is 6.10. The van der Waals surface area contributed by atoms with Crippen LogP contribution in [0.15, 0.2) is 79.0 Å². The zero-order valence-electron chi connectivity index (χ0n) is 15.8. The molecule has 2 aromatic carbocycles. The summed E-state index contributed by atoms with van der Waals surface area (Å²) < 4.78 is 0. The highest BCUT2D eigenvalue weighted by Crippen LogP contribution is 2.40. The highest BCUT2D eigenvalue weighted by atomic mass is 32.2. The van der Waals surface area contributed by atoms with Gasteiger partial charge in [0.1, 0.15) is 11.1 Å². The molecule has 1 heterocycles. The monoisotopic (exact) mass is 388 g/mol. The molecule has 1 amide bonds. The number of amides is 1. The van der Waals surface area contributed by atoms with Crippen molar-refractivity contribution in [2.45, 2.75) is 36.2 Å². The molecule has 4 rings (SSSR count). The molecular weight excluding hydrogens is 364 g/mol. The summed E-state index contributed by atoms with van der Waals surface area (Å²) in [6.07, 6.45) is 6.64. The van der Waals surface area contributed by atoms with Gasteiger partial charge < -0.3 is 5.32 Å². The average molecular weight is 389 g/mol. The maximum absolute atomic E-state index is 13.3. The Morgan fingerprint density at radius 3 is 2.32 bits per heavy atom. The second-order valence-electron chi connectivity index (χ2n) is 7.09. The molecule has 1 aromatic heterocycles. The smallest absolute Gasteiger partial charge is 0.243 e. The molecule has 0 saturated heterocycles. The number of hydrogen-bond donors (Lipinski definition) is 1. The van der Waals surface area contributed by atoms with E-state index >= 15 is 0 Å². The molecule has 1 fully saturated rings. The van der Waals surface area contributed by atoms with E-state index < -0.39 is 0 Å². The first-order valence-electron chi connectivity index (χ1n) is 9.83. The highest BCUT2D eigenvalue weighted by Gasteiger charge is 2.28. The number of nitrogens with zero attached hydrogens (tertiary/aromatic N) is 1. The van der Waals surface area contributed by atoms with Gasteiger partial charge in [0.05, 0.1) is 0 Å². The zero-order chi connectivity index (χ0) is 19.2. The van der Waals surface area contributed by atoms with E-state index in [9.17, 15) is 4.79 Å². The number of thioether (sulfide) groups is 1. The van der Waals surface area contributed by atoms with Gasteiger partial charge in [-0.15, -0.1) is 11.8 Å². The van der Waals surface area contributed by atoms with Gasteiger partial charge in [-0.3, -0.25) is 4.79 Å². The van der Waals surface area contributed by atoms with Crippen LogP contribution in [0.4, 0.5) is 5.82 Å². The quantitative estimate of drug-likeness (QED) is 0.554. The Hall–Kier alpha value is -2.59. The van der Waals surface area contributed by atoms with Crippen molar-refractivity contribution in [3.63, 3.8) is 0 Å². The van der Waals surface area contributed by atoms with E-state index in [1.807, 2.05) is 72.8 Å². The van der Waals surface area contributed by atoms with E-state index in [1.165, 1.54) is 25.7 Å². The van der Waals surface area contributed by atoms with E-state index in [-0.39, 0.29) is 11.2 Å². The van der Waals surface area contributed by atoms with Crippen LogP contribution in [0.1, 0.15) is 36.5 Å². The molecule has 3 nitrogen and oxygen atoms in total. The van der Waals surface area contributed by atoms with Crippen LogP contribution in [0, 0.1) is 0 Å². The Morgan fingerprint density at radius 1 is 0.929 bits per heavy atom. The molecule has 142 valence electrons. The summed E-state index contributed by atoms with van der Waals surface area (Å²) in [5, 5.41) is 3.43. The Labute approximate surface area is 170 Å². The number of anilines is 1. The van der Waals surface area contributed by atoms with Gasteiger partial charge in [-0.25, -0.2) is 4.98 Å². The summed E-state index contributed by atoms with van der Waals surface area (Å²) in [7, 11) is 0. The topological polar surface area (TPSA) is 42.0 Å². The first-order chi connectivity index (χ1) is 13.8. The first kappa shape index (κ1) is 18.8. The van der Waals surface area contributed by atoms with Crippen molar-refractivity contribution >= 4 is 23.5 Å². The Balaban J connectivity index is 1.60. The maximum Gasteiger partial charge on any atom is 0.243 e. The highest BCUT2D eigenvalue weighted by molar-refractivity contribution is 8.00. The summed E-state index contributed by atoms with van der Waals surface area (Å²) in [5.41, 5.74) is 3.04. The van der Waals surface area contributed by atoms with Crippen LogP contribution < -0.4 is 5.32 Å². The standard InChI is InChI=1S/C24H24N2OS/c27-24(22(19-12-5-2-6-13-19)28-20-14-7-8-15-20)26-23-21(16-9-17-25-23)18-10-3-1-4-11-18/h1-6,9-13,16-17,20,22H,7-8,14-15H2,(H,25,26,27). The van der Waals surface area contributed by atoms with Crippen molar-refractivity contribution in [3.05, 3.63) is 84.6 Å². The van der Waals surface area contributed by atoms with E-state index in [0.29, 0.717) is 11.1 Å². The Bertz CT molecular complexity index is 908. The molecule has 1 N–H and O–H groups in total. The number of carbonyl (C=O) groups is 1. The normalized spacial score (nSPS) is 15.3. The summed E-state index contributed by atoms with van der Waals surface area (Å²) in [6.45, 7) is 0. The van der Waals surface area contributed by atoms with Crippen LogP contribution in [-0.4, -0.2) is 16.1 Å². The molecule has 1 aliphatic carbocycles. The van der Waals surface area contributed by atoms with Crippen molar-refractivity contribution in [3.8, 4) is 11.1 Å². The number of pyridine rings is 1. The van der Waals surface area contributed by atoms with Crippen LogP contribution in [0.3, 0.4) is 0 Å². The van der Waals surface area contributed by atoms with Crippen LogP contribution in [0.2, 0.25) is 0 Å². The van der Waals surface area contributed by atoms with E-state index in [4.69, 9.17) is 0 Å². The number of carbonyl (C=O) groups excluding carboxylic acids is 1. The lowest BCUT2D eigenvalue weighted by molar-refractivity contribution is -0.115. The molecule has 0 radical (unpaired) electrons. The molecule has 0 aliphatic heterocycles. The predicted molar refractivity (Wildman–Crippen MR) is 117 cm³/mol. The largest absolute Gasteiger partial charge is 0.309 e. The fourth-order valence-corrected chi connectivity index (χ4v) is 5.16. The van der Waals surface area contributed by atoms with Crippen LogP contribution >= 0.6 is 11.8 Å². The fourth-order valence-electron chi connectivity index (χ4n) is 3.67. The second kappa shape index (κ2) is 9.07. The maximum atomic E-state index is 13.3. The van der Waals surface area contributed by atoms with Gasteiger partial charge in [-0.2, -0.15) is 0 Å². The van der Waals surface area contributed by atoms with E-state index in [1.54, 1.807) is 18.0 Å². The van der Waals surface area contributed by atoms with Crippen molar-refractivity contribution in [1.82, 2.24) is 4.98 Å². The summed E-state index contributed by atoms with van der Waals surface area (Å²) in [5.74, 6) is 0.616. The minimum atomic E-state index is -0.227. The van der Waals surface area contributed by atoms with E-state index in [2.05, 4.69) is 10.3 Å². The molecular formula is C24H24N2OS. The number of hydrogen-bond acceptors (Lipinski definition) is 3. The average Bonchev–Trinajstić information content (AvgIpc) is 3.27. The molecule has 3 aromatic rings. The van der Waals surface area contributed by atoms with Crippen molar-refractivity contribution < 1.29 is 4.79 Å². The first-order valence-corrected chi connectivity index (χ1v) is 10.8. The van der Waals surface area contributed by atoms with Gasteiger partial charge in [-0.05, 0) is 36.1 Å². The van der Waals surface area contributed by atoms with Gasteiger partial charge in [0.2, 0.25) is 5.91 Å². The molecule has 1 saturated carbocycles. The second-order valence-corrected chi connectivity index (χ2v) is 8.50. The van der Waals surface area contributed by atoms with E-state index in [0.717, 1.165) is 16.7 Å². The van der Waals surface area contributed by atoms with Crippen molar-refractivity contribution in [2.75, 3.05) is 5.32 Å². The van der Waals surface area contributed by atoms with Crippen LogP contribution in [-0.2, 0) is 4.79 Å². The number of aromatic nitrogens is 1. The van der Waals surface area contributed by atoms with Gasteiger partial charge in [-0.1, -0.05) is 73.5 Å². The minimum absolute atomic E-state index is 0.000943.